The highest BCUT2D eigenvalue weighted by Crippen LogP contribution is 2.30. The number of nitrogen functional groups attached to an aromatic ring is 1. The summed E-state index contributed by atoms with van der Waals surface area (Å²) in [5, 5.41) is 2.88. The number of benzene rings is 2. The third kappa shape index (κ3) is 3.14. The van der Waals surface area contributed by atoms with Crippen molar-refractivity contribution >= 4 is 11.6 Å². The van der Waals surface area contributed by atoms with E-state index in [1.807, 2.05) is 18.2 Å². The topological polar surface area (TPSA) is 73.6 Å². The largest absolute Gasteiger partial charge is 0.486 e. The lowest BCUT2D eigenvalue weighted by Crippen LogP contribution is -2.26. The maximum atomic E-state index is 12.1. The summed E-state index contributed by atoms with van der Waals surface area (Å²) in [5.41, 5.74) is 7.87. The quantitative estimate of drug-likeness (QED) is 0.847. The van der Waals surface area contributed by atoms with Crippen LogP contribution in [0.5, 0.6) is 11.5 Å². The normalized spacial score (nSPS) is 12.7. The second-order valence-electron chi connectivity index (χ2n) is 5.07. The lowest BCUT2D eigenvalue weighted by Gasteiger charge is -2.18. The molecule has 0 spiro atoms. The number of anilines is 1. The number of carbonyl (C=O) groups is 1. The lowest BCUT2D eigenvalue weighted by molar-refractivity contribution is 0.0955. The number of fused-ring (bicyclic) bond motifs is 1. The average Bonchev–Trinajstić information content (AvgIpc) is 2.55. The lowest BCUT2D eigenvalue weighted by atomic mass is 10.1. The van der Waals surface area contributed by atoms with Crippen molar-refractivity contribution in [1.29, 1.82) is 0 Å². The zero-order chi connectivity index (χ0) is 15.4. The van der Waals surface area contributed by atoms with Crippen LogP contribution in [0.2, 0.25) is 0 Å². The highest BCUT2D eigenvalue weighted by Gasteiger charge is 2.12. The summed E-state index contributed by atoms with van der Waals surface area (Å²) in [6.45, 7) is 1.69. The maximum absolute atomic E-state index is 12.1. The molecule has 5 heteroatoms. The molecule has 1 aliphatic heterocycles. The molecule has 0 radical (unpaired) electrons. The summed E-state index contributed by atoms with van der Waals surface area (Å²) in [6, 6.07) is 12.9. The van der Waals surface area contributed by atoms with Crippen LogP contribution in [0, 0.1) is 0 Å². The van der Waals surface area contributed by atoms with Crippen molar-refractivity contribution in [3.8, 4) is 11.5 Å². The Morgan fingerprint density at radius 1 is 1.09 bits per heavy atom. The minimum absolute atomic E-state index is 0.157. The number of amides is 1. The van der Waals surface area contributed by atoms with E-state index in [4.69, 9.17) is 15.2 Å². The highest BCUT2D eigenvalue weighted by molar-refractivity contribution is 5.99. The number of ether oxygens (including phenoxy) is 2. The summed E-state index contributed by atoms with van der Waals surface area (Å²) in [6.07, 6.45) is 0.717. The molecule has 3 N–H and O–H groups in total. The van der Waals surface area contributed by atoms with Gasteiger partial charge in [0.25, 0.3) is 5.91 Å². The van der Waals surface area contributed by atoms with E-state index in [0.29, 0.717) is 31.0 Å². The molecular formula is C17H18N2O3. The Balaban J connectivity index is 1.57. The number of para-hydroxylation sites is 1. The van der Waals surface area contributed by atoms with Gasteiger partial charge in [-0.2, -0.15) is 0 Å². The van der Waals surface area contributed by atoms with E-state index in [2.05, 4.69) is 5.32 Å². The van der Waals surface area contributed by atoms with Gasteiger partial charge in [-0.1, -0.05) is 18.2 Å². The zero-order valence-corrected chi connectivity index (χ0v) is 12.2. The molecule has 0 saturated carbocycles. The van der Waals surface area contributed by atoms with Crippen molar-refractivity contribution in [2.75, 3.05) is 25.5 Å². The van der Waals surface area contributed by atoms with Gasteiger partial charge in [0.15, 0.2) is 11.5 Å². The van der Waals surface area contributed by atoms with Gasteiger partial charge >= 0.3 is 0 Å². The van der Waals surface area contributed by atoms with Crippen LogP contribution in [0.3, 0.4) is 0 Å². The standard InChI is InChI=1S/C17H18N2O3/c18-14-4-2-1-3-13(14)17(20)19-8-7-12-5-6-15-16(11-12)22-10-9-21-15/h1-6,11H,7-10,18H2,(H,19,20). The van der Waals surface area contributed by atoms with Crippen molar-refractivity contribution < 1.29 is 14.3 Å². The summed E-state index contributed by atoms with van der Waals surface area (Å²) in [5.74, 6) is 1.38. The second kappa shape index (κ2) is 6.39. The van der Waals surface area contributed by atoms with Gasteiger partial charge in [-0.25, -0.2) is 0 Å². The van der Waals surface area contributed by atoms with Crippen LogP contribution in [-0.2, 0) is 6.42 Å². The van der Waals surface area contributed by atoms with E-state index in [0.717, 1.165) is 23.5 Å². The fourth-order valence-corrected chi connectivity index (χ4v) is 2.36. The highest BCUT2D eigenvalue weighted by atomic mass is 16.6. The molecule has 0 aliphatic carbocycles. The first-order valence-corrected chi connectivity index (χ1v) is 7.25. The molecule has 1 amide bonds. The van der Waals surface area contributed by atoms with Gasteiger partial charge in [0.05, 0.1) is 5.56 Å². The molecule has 2 aromatic rings. The Hall–Kier alpha value is -2.69. The van der Waals surface area contributed by atoms with Gasteiger partial charge < -0.3 is 20.5 Å². The van der Waals surface area contributed by atoms with Gasteiger partial charge in [-0.05, 0) is 36.2 Å². The molecule has 0 atom stereocenters. The van der Waals surface area contributed by atoms with Gasteiger partial charge in [0, 0.05) is 12.2 Å². The minimum Gasteiger partial charge on any atom is -0.486 e. The monoisotopic (exact) mass is 298 g/mol. The smallest absolute Gasteiger partial charge is 0.253 e. The number of nitrogens with one attached hydrogen (secondary N) is 1. The van der Waals surface area contributed by atoms with Crippen LogP contribution in [0.25, 0.3) is 0 Å². The predicted molar refractivity (Wildman–Crippen MR) is 84.3 cm³/mol. The van der Waals surface area contributed by atoms with Crippen LogP contribution < -0.4 is 20.5 Å². The van der Waals surface area contributed by atoms with Crippen molar-refractivity contribution in [2.45, 2.75) is 6.42 Å². The second-order valence-corrected chi connectivity index (χ2v) is 5.07. The molecule has 114 valence electrons. The van der Waals surface area contributed by atoms with Crippen molar-refractivity contribution in [1.82, 2.24) is 5.32 Å². The van der Waals surface area contributed by atoms with Crippen molar-refractivity contribution in [2.24, 2.45) is 0 Å². The molecule has 0 bridgehead atoms. The Kier molecular flexibility index (Phi) is 4.14. The molecule has 1 heterocycles. The SMILES string of the molecule is Nc1ccccc1C(=O)NCCc1ccc2c(c1)OCCO2. The summed E-state index contributed by atoms with van der Waals surface area (Å²) in [4.78, 5) is 12.1. The third-order valence-electron chi connectivity index (χ3n) is 3.51. The molecule has 2 aromatic carbocycles. The molecule has 0 fully saturated rings. The Labute approximate surface area is 129 Å². The molecule has 0 saturated heterocycles. The zero-order valence-electron chi connectivity index (χ0n) is 12.2. The van der Waals surface area contributed by atoms with E-state index in [1.165, 1.54) is 0 Å². The number of carbonyl (C=O) groups excluding carboxylic acids is 1. The summed E-state index contributed by atoms with van der Waals surface area (Å²) in [7, 11) is 0. The van der Waals surface area contributed by atoms with Crippen molar-refractivity contribution in [3.63, 3.8) is 0 Å². The molecule has 22 heavy (non-hydrogen) atoms. The summed E-state index contributed by atoms with van der Waals surface area (Å²) < 4.78 is 11.0. The first-order chi connectivity index (χ1) is 10.7. The molecular weight excluding hydrogens is 280 g/mol. The van der Waals surface area contributed by atoms with Gasteiger partial charge in [0.2, 0.25) is 0 Å². The minimum atomic E-state index is -0.157. The molecule has 5 nitrogen and oxygen atoms in total. The number of hydrogen-bond donors (Lipinski definition) is 2. The molecule has 3 rings (SSSR count). The molecule has 0 aromatic heterocycles. The Bertz CT molecular complexity index is 685. The first-order valence-electron chi connectivity index (χ1n) is 7.25. The fourth-order valence-electron chi connectivity index (χ4n) is 2.36. The van der Waals surface area contributed by atoms with Gasteiger partial charge in [0.1, 0.15) is 13.2 Å². The summed E-state index contributed by atoms with van der Waals surface area (Å²) >= 11 is 0. The maximum Gasteiger partial charge on any atom is 0.253 e. The van der Waals surface area contributed by atoms with E-state index in [-0.39, 0.29) is 5.91 Å². The van der Waals surface area contributed by atoms with E-state index < -0.39 is 0 Å². The van der Waals surface area contributed by atoms with Gasteiger partial charge in [-0.15, -0.1) is 0 Å². The van der Waals surface area contributed by atoms with Crippen LogP contribution in [0.15, 0.2) is 42.5 Å². The fraction of sp³-hybridized carbons (Fsp3) is 0.235. The van der Waals surface area contributed by atoms with Crippen molar-refractivity contribution in [3.05, 3.63) is 53.6 Å². The predicted octanol–water partition coefficient (Wildman–Crippen LogP) is 2.01. The first kappa shape index (κ1) is 14.3. The molecule has 0 unspecified atom stereocenters. The average molecular weight is 298 g/mol. The van der Waals surface area contributed by atoms with E-state index in [9.17, 15) is 4.79 Å². The van der Waals surface area contributed by atoms with Gasteiger partial charge in [-0.3, -0.25) is 4.79 Å². The van der Waals surface area contributed by atoms with E-state index in [1.54, 1.807) is 24.3 Å². The van der Waals surface area contributed by atoms with Crippen LogP contribution in [-0.4, -0.2) is 25.7 Å². The number of hydrogen-bond acceptors (Lipinski definition) is 4. The van der Waals surface area contributed by atoms with Crippen LogP contribution >= 0.6 is 0 Å². The third-order valence-corrected chi connectivity index (χ3v) is 3.51. The number of rotatable bonds is 4. The number of nitrogens with two attached hydrogens (primary N) is 1. The Morgan fingerprint density at radius 2 is 1.86 bits per heavy atom. The van der Waals surface area contributed by atoms with Crippen LogP contribution in [0.4, 0.5) is 5.69 Å². The van der Waals surface area contributed by atoms with E-state index >= 15 is 0 Å². The molecule has 1 aliphatic rings. The van der Waals surface area contributed by atoms with Crippen LogP contribution in [0.1, 0.15) is 15.9 Å². The Morgan fingerprint density at radius 3 is 2.68 bits per heavy atom.